The molecule has 0 saturated heterocycles. The summed E-state index contributed by atoms with van der Waals surface area (Å²) in [6, 6.07) is 7.00. The molecule has 3 heteroatoms. The number of benzene rings is 1. The predicted octanol–water partition coefficient (Wildman–Crippen LogP) is 2.76. The molecule has 0 aliphatic heterocycles. The lowest BCUT2D eigenvalue weighted by atomic mass is 9.98. The highest BCUT2D eigenvalue weighted by molar-refractivity contribution is 5.45. The van der Waals surface area contributed by atoms with Gasteiger partial charge in [0.05, 0.1) is 5.69 Å². The molecule has 16 heavy (non-hydrogen) atoms. The van der Waals surface area contributed by atoms with Gasteiger partial charge in [0.2, 0.25) is 0 Å². The van der Waals surface area contributed by atoms with Crippen molar-refractivity contribution in [2.75, 3.05) is 11.9 Å². The molecule has 1 atom stereocenters. The fourth-order valence-corrected chi connectivity index (χ4v) is 2.51. The minimum atomic E-state index is -0.195. The summed E-state index contributed by atoms with van der Waals surface area (Å²) < 4.78 is 13.5. The standard InChI is InChI=1S/C13H19FN2/c14-11-7-3-4-8-12(11)16-13(9-15)10-5-1-2-6-10/h3-4,7-8,10,13,16H,1-2,5-6,9,15H2. The molecule has 0 spiro atoms. The van der Waals surface area contributed by atoms with Crippen LogP contribution in [0.4, 0.5) is 10.1 Å². The van der Waals surface area contributed by atoms with Crippen molar-refractivity contribution in [2.45, 2.75) is 31.7 Å². The van der Waals surface area contributed by atoms with E-state index < -0.39 is 0 Å². The maximum Gasteiger partial charge on any atom is 0.146 e. The first-order valence-corrected chi connectivity index (χ1v) is 6.02. The van der Waals surface area contributed by atoms with Crippen molar-refractivity contribution in [3.8, 4) is 0 Å². The fraction of sp³-hybridized carbons (Fsp3) is 0.538. The van der Waals surface area contributed by atoms with Gasteiger partial charge in [0.15, 0.2) is 0 Å². The van der Waals surface area contributed by atoms with E-state index in [1.807, 2.05) is 6.07 Å². The Kier molecular flexibility index (Phi) is 3.78. The van der Waals surface area contributed by atoms with Crippen molar-refractivity contribution < 1.29 is 4.39 Å². The third kappa shape index (κ3) is 2.53. The molecule has 1 saturated carbocycles. The van der Waals surface area contributed by atoms with E-state index in [1.165, 1.54) is 31.7 Å². The van der Waals surface area contributed by atoms with Crippen molar-refractivity contribution >= 4 is 5.69 Å². The average molecular weight is 222 g/mol. The van der Waals surface area contributed by atoms with Crippen molar-refractivity contribution in [2.24, 2.45) is 11.7 Å². The number of hydrogen-bond acceptors (Lipinski definition) is 2. The minimum absolute atomic E-state index is 0.195. The Morgan fingerprint density at radius 1 is 1.31 bits per heavy atom. The molecule has 1 aromatic rings. The van der Waals surface area contributed by atoms with Crippen LogP contribution in [0, 0.1) is 11.7 Å². The van der Waals surface area contributed by atoms with Crippen LogP contribution < -0.4 is 11.1 Å². The van der Waals surface area contributed by atoms with Crippen LogP contribution in [0.2, 0.25) is 0 Å². The molecule has 1 aliphatic rings. The molecule has 0 radical (unpaired) electrons. The zero-order valence-corrected chi connectivity index (χ0v) is 9.45. The van der Waals surface area contributed by atoms with Crippen LogP contribution in [0.5, 0.6) is 0 Å². The maximum absolute atomic E-state index is 13.5. The molecule has 0 bridgehead atoms. The summed E-state index contributed by atoms with van der Waals surface area (Å²) in [4.78, 5) is 0. The smallest absolute Gasteiger partial charge is 0.146 e. The Morgan fingerprint density at radius 2 is 2.00 bits per heavy atom. The highest BCUT2D eigenvalue weighted by Gasteiger charge is 2.24. The zero-order chi connectivity index (χ0) is 11.4. The lowest BCUT2D eigenvalue weighted by molar-refractivity contribution is 0.460. The van der Waals surface area contributed by atoms with Gasteiger partial charge in [0, 0.05) is 12.6 Å². The Hall–Kier alpha value is -1.09. The average Bonchev–Trinajstić information content (AvgIpc) is 2.81. The van der Waals surface area contributed by atoms with Crippen LogP contribution in [0.3, 0.4) is 0 Å². The molecule has 88 valence electrons. The summed E-state index contributed by atoms with van der Waals surface area (Å²) in [5.74, 6) is 0.406. The number of para-hydroxylation sites is 1. The molecular weight excluding hydrogens is 203 g/mol. The number of nitrogens with one attached hydrogen (secondary N) is 1. The van der Waals surface area contributed by atoms with Crippen molar-refractivity contribution in [3.63, 3.8) is 0 Å². The van der Waals surface area contributed by atoms with Gasteiger partial charge >= 0.3 is 0 Å². The van der Waals surface area contributed by atoms with Gasteiger partial charge in [-0.1, -0.05) is 25.0 Å². The van der Waals surface area contributed by atoms with Crippen LogP contribution in [-0.2, 0) is 0 Å². The number of nitrogens with two attached hydrogens (primary N) is 1. The Bertz CT molecular complexity index is 334. The third-order valence-electron chi connectivity index (χ3n) is 3.44. The zero-order valence-electron chi connectivity index (χ0n) is 9.45. The molecule has 2 rings (SSSR count). The molecule has 0 amide bonds. The first-order valence-electron chi connectivity index (χ1n) is 6.02. The van der Waals surface area contributed by atoms with Gasteiger partial charge in [0.1, 0.15) is 5.82 Å². The van der Waals surface area contributed by atoms with E-state index in [4.69, 9.17) is 5.73 Å². The van der Waals surface area contributed by atoms with Crippen LogP contribution in [0.15, 0.2) is 24.3 Å². The monoisotopic (exact) mass is 222 g/mol. The Balaban J connectivity index is 2.03. The van der Waals surface area contributed by atoms with Gasteiger partial charge in [-0.25, -0.2) is 4.39 Å². The summed E-state index contributed by atoms with van der Waals surface area (Å²) in [7, 11) is 0. The first-order chi connectivity index (χ1) is 7.81. The van der Waals surface area contributed by atoms with Crippen molar-refractivity contribution in [3.05, 3.63) is 30.1 Å². The summed E-state index contributed by atoms with van der Waals surface area (Å²) in [6.07, 6.45) is 4.98. The summed E-state index contributed by atoms with van der Waals surface area (Å²) >= 11 is 0. The SMILES string of the molecule is NCC(Nc1ccccc1F)C1CCCC1. The summed E-state index contributed by atoms with van der Waals surface area (Å²) in [5, 5.41) is 3.24. The van der Waals surface area contributed by atoms with Crippen LogP contribution in [-0.4, -0.2) is 12.6 Å². The quantitative estimate of drug-likeness (QED) is 0.822. The second kappa shape index (κ2) is 5.30. The maximum atomic E-state index is 13.5. The summed E-state index contributed by atoms with van der Waals surface area (Å²) in [5.41, 5.74) is 6.34. The van der Waals surface area contributed by atoms with Gasteiger partial charge in [-0.05, 0) is 30.9 Å². The molecule has 1 aromatic carbocycles. The van der Waals surface area contributed by atoms with Crippen molar-refractivity contribution in [1.82, 2.24) is 0 Å². The van der Waals surface area contributed by atoms with Crippen LogP contribution >= 0.6 is 0 Å². The molecule has 3 N–H and O–H groups in total. The van der Waals surface area contributed by atoms with E-state index in [-0.39, 0.29) is 11.9 Å². The second-order valence-corrected chi connectivity index (χ2v) is 4.51. The first kappa shape index (κ1) is 11.4. The summed E-state index contributed by atoms with van der Waals surface area (Å²) in [6.45, 7) is 0.568. The van der Waals surface area contributed by atoms with E-state index in [2.05, 4.69) is 5.32 Å². The van der Waals surface area contributed by atoms with Crippen LogP contribution in [0.25, 0.3) is 0 Å². The van der Waals surface area contributed by atoms with E-state index in [0.717, 1.165) is 0 Å². The Morgan fingerprint density at radius 3 is 2.62 bits per heavy atom. The molecule has 1 unspecified atom stereocenters. The van der Waals surface area contributed by atoms with E-state index in [9.17, 15) is 4.39 Å². The van der Waals surface area contributed by atoms with Gasteiger partial charge in [0.25, 0.3) is 0 Å². The van der Waals surface area contributed by atoms with E-state index >= 15 is 0 Å². The third-order valence-corrected chi connectivity index (χ3v) is 3.44. The van der Waals surface area contributed by atoms with Crippen molar-refractivity contribution in [1.29, 1.82) is 0 Å². The topological polar surface area (TPSA) is 38.0 Å². The van der Waals surface area contributed by atoms with Crippen LogP contribution in [0.1, 0.15) is 25.7 Å². The second-order valence-electron chi connectivity index (χ2n) is 4.51. The van der Waals surface area contributed by atoms with Gasteiger partial charge in [-0.3, -0.25) is 0 Å². The number of halogens is 1. The minimum Gasteiger partial charge on any atom is -0.378 e. The largest absolute Gasteiger partial charge is 0.378 e. The fourth-order valence-electron chi connectivity index (χ4n) is 2.51. The number of anilines is 1. The van der Waals surface area contributed by atoms with Gasteiger partial charge in [-0.2, -0.15) is 0 Å². The molecule has 1 aliphatic carbocycles. The van der Waals surface area contributed by atoms with E-state index in [1.54, 1.807) is 12.1 Å². The van der Waals surface area contributed by atoms with Gasteiger partial charge in [-0.15, -0.1) is 0 Å². The lowest BCUT2D eigenvalue weighted by Crippen LogP contribution is -2.35. The molecular formula is C13H19FN2. The molecule has 0 aromatic heterocycles. The molecule has 1 fully saturated rings. The van der Waals surface area contributed by atoms with E-state index in [0.29, 0.717) is 18.2 Å². The van der Waals surface area contributed by atoms with Gasteiger partial charge < -0.3 is 11.1 Å². The molecule has 0 heterocycles. The highest BCUT2D eigenvalue weighted by atomic mass is 19.1. The predicted molar refractivity (Wildman–Crippen MR) is 64.8 cm³/mol. The number of hydrogen-bond donors (Lipinski definition) is 2. The highest BCUT2D eigenvalue weighted by Crippen LogP contribution is 2.29. The normalized spacial score (nSPS) is 18.6. The Labute approximate surface area is 96.0 Å². The lowest BCUT2D eigenvalue weighted by Gasteiger charge is -2.24. The number of rotatable bonds is 4. The molecule has 2 nitrogen and oxygen atoms in total.